The number of methoxy groups -OCH3 is 1. The highest BCUT2D eigenvalue weighted by molar-refractivity contribution is 5.89. The molecule has 2 heterocycles. The Labute approximate surface area is 106 Å². The maximum absolute atomic E-state index is 11.1. The first-order valence-electron chi connectivity index (χ1n) is 6.19. The van der Waals surface area contributed by atoms with Gasteiger partial charge in [0.1, 0.15) is 0 Å². The first-order valence-corrected chi connectivity index (χ1v) is 6.19. The molecule has 1 saturated heterocycles. The molecule has 1 aliphatic heterocycles. The van der Waals surface area contributed by atoms with Gasteiger partial charge in [-0.25, -0.2) is 9.48 Å². The second-order valence-corrected chi connectivity index (χ2v) is 4.25. The van der Waals surface area contributed by atoms with Crippen molar-refractivity contribution in [3.63, 3.8) is 0 Å². The normalized spacial score (nSPS) is 19.8. The molecule has 0 bridgehead atoms. The maximum Gasteiger partial charge on any atom is 0.360 e. The van der Waals surface area contributed by atoms with Crippen LogP contribution in [0.5, 0.6) is 5.75 Å². The van der Waals surface area contributed by atoms with Crippen molar-refractivity contribution in [3.8, 4) is 5.75 Å². The average molecular weight is 254 g/mol. The summed E-state index contributed by atoms with van der Waals surface area (Å²) < 4.78 is 12.5. The number of carboxylic acids is 1. The minimum absolute atomic E-state index is 0.0384. The van der Waals surface area contributed by atoms with Gasteiger partial charge in [0.2, 0.25) is 5.69 Å². The van der Waals surface area contributed by atoms with Crippen molar-refractivity contribution in [3.05, 3.63) is 11.4 Å². The minimum Gasteiger partial charge on any atom is -0.492 e. The van der Waals surface area contributed by atoms with E-state index < -0.39 is 5.97 Å². The standard InChI is InChI=1S/C12H18N2O4/c1-3-8-11(17-2)10(12(15)16)13-14(8)9-6-4-5-7-18-9/h9H,3-7H2,1-2H3,(H,15,16). The number of carbonyl (C=O) groups is 1. The van der Waals surface area contributed by atoms with E-state index in [2.05, 4.69) is 5.10 Å². The maximum atomic E-state index is 11.1. The molecule has 6 heteroatoms. The molecule has 6 nitrogen and oxygen atoms in total. The number of ether oxygens (including phenoxy) is 2. The third kappa shape index (κ3) is 2.20. The third-order valence-corrected chi connectivity index (χ3v) is 3.13. The Kier molecular flexibility index (Phi) is 3.86. The number of rotatable bonds is 4. The van der Waals surface area contributed by atoms with Crippen molar-refractivity contribution in [1.82, 2.24) is 9.78 Å². The number of hydrogen-bond acceptors (Lipinski definition) is 4. The topological polar surface area (TPSA) is 73.6 Å². The van der Waals surface area contributed by atoms with Gasteiger partial charge in [0, 0.05) is 6.61 Å². The van der Waals surface area contributed by atoms with Crippen molar-refractivity contribution in [2.45, 2.75) is 38.8 Å². The highest BCUT2D eigenvalue weighted by atomic mass is 16.5. The predicted molar refractivity (Wildman–Crippen MR) is 64.0 cm³/mol. The largest absolute Gasteiger partial charge is 0.492 e. The summed E-state index contributed by atoms with van der Waals surface area (Å²) in [4.78, 5) is 11.1. The van der Waals surface area contributed by atoms with Gasteiger partial charge in [0.05, 0.1) is 12.8 Å². The molecule has 0 aromatic carbocycles. The fourth-order valence-electron chi connectivity index (χ4n) is 2.29. The zero-order chi connectivity index (χ0) is 13.1. The summed E-state index contributed by atoms with van der Waals surface area (Å²) in [6.07, 6.45) is 3.46. The van der Waals surface area contributed by atoms with Crippen molar-refractivity contribution in [2.75, 3.05) is 13.7 Å². The smallest absolute Gasteiger partial charge is 0.360 e. The Bertz CT molecular complexity index is 436. The summed E-state index contributed by atoms with van der Waals surface area (Å²) in [6, 6.07) is 0. The molecular formula is C12H18N2O4. The van der Waals surface area contributed by atoms with Gasteiger partial charge in [-0.1, -0.05) is 6.92 Å². The van der Waals surface area contributed by atoms with Crippen LogP contribution in [0.3, 0.4) is 0 Å². The molecule has 1 aromatic heterocycles. The predicted octanol–water partition coefficient (Wildman–Crippen LogP) is 1.85. The van der Waals surface area contributed by atoms with E-state index in [1.54, 1.807) is 4.68 Å². The molecule has 1 atom stereocenters. The Morgan fingerprint density at radius 3 is 2.89 bits per heavy atom. The molecule has 0 saturated carbocycles. The van der Waals surface area contributed by atoms with Gasteiger partial charge in [0.25, 0.3) is 0 Å². The van der Waals surface area contributed by atoms with Crippen LogP contribution in [0.2, 0.25) is 0 Å². The second kappa shape index (κ2) is 5.39. The van der Waals surface area contributed by atoms with Crippen LogP contribution < -0.4 is 4.74 Å². The van der Waals surface area contributed by atoms with Crippen LogP contribution in [-0.2, 0) is 11.2 Å². The van der Waals surface area contributed by atoms with E-state index in [-0.39, 0.29) is 11.9 Å². The van der Waals surface area contributed by atoms with Crippen molar-refractivity contribution >= 4 is 5.97 Å². The van der Waals surface area contributed by atoms with Crippen molar-refractivity contribution < 1.29 is 19.4 Å². The van der Waals surface area contributed by atoms with Crippen LogP contribution >= 0.6 is 0 Å². The van der Waals surface area contributed by atoms with Gasteiger partial charge in [-0.15, -0.1) is 0 Å². The molecule has 1 unspecified atom stereocenters. The summed E-state index contributed by atoms with van der Waals surface area (Å²) >= 11 is 0. The number of aromatic carboxylic acids is 1. The molecule has 1 aromatic rings. The highest BCUT2D eigenvalue weighted by Crippen LogP contribution is 2.30. The molecule has 0 aliphatic carbocycles. The first kappa shape index (κ1) is 12.9. The van der Waals surface area contributed by atoms with E-state index in [0.717, 1.165) is 25.0 Å². The third-order valence-electron chi connectivity index (χ3n) is 3.13. The first-order chi connectivity index (χ1) is 8.69. The zero-order valence-corrected chi connectivity index (χ0v) is 10.7. The second-order valence-electron chi connectivity index (χ2n) is 4.25. The molecule has 0 amide bonds. The quantitative estimate of drug-likeness (QED) is 0.887. The number of aromatic nitrogens is 2. The van der Waals surface area contributed by atoms with E-state index in [9.17, 15) is 4.79 Å². The molecule has 2 rings (SSSR count). The van der Waals surface area contributed by atoms with E-state index in [1.165, 1.54) is 7.11 Å². The molecule has 1 aliphatic rings. The fraction of sp³-hybridized carbons (Fsp3) is 0.667. The van der Waals surface area contributed by atoms with E-state index in [0.29, 0.717) is 18.8 Å². The van der Waals surface area contributed by atoms with E-state index >= 15 is 0 Å². The monoisotopic (exact) mass is 254 g/mol. The summed E-state index contributed by atoms with van der Waals surface area (Å²) in [5, 5.41) is 13.3. The van der Waals surface area contributed by atoms with Gasteiger partial charge < -0.3 is 14.6 Å². The number of hydrogen-bond donors (Lipinski definition) is 1. The van der Waals surface area contributed by atoms with Crippen LogP contribution in [0, 0.1) is 0 Å². The molecular weight excluding hydrogens is 236 g/mol. The Balaban J connectivity index is 2.42. The Morgan fingerprint density at radius 1 is 1.61 bits per heavy atom. The molecule has 1 N–H and O–H groups in total. The number of carboxylic acid groups (broad SMARTS) is 1. The minimum atomic E-state index is -1.07. The van der Waals surface area contributed by atoms with E-state index in [1.807, 2.05) is 6.92 Å². The summed E-state index contributed by atoms with van der Waals surface area (Å²) in [7, 11) is 1.47. The lowest BCUT2D eigenvalue weighted by atomic mass is 10.2. The van der Waals surface area contributed by atoms with Gasteiger partial charge in [-0.05, 0) is 25.7 Å². The summed E-state index contributed by atoms with van der Waals surface area (Å²) in [6.45, 7) is 2.64. The Morgan fingerprint density at radius 2 is 2.39 bits per heavy atom. The summed E-state index contributed by atoms with van der Waals surface area (Å²) in [5.41, 5.74) is 0.741. The van der Waals surface area contributed by atoms with Crippen molar-refractivity contribution in [2.24, 2.45) is 0 Å². The SMILES string of the molecule is CCc1c(OC)c(C(=O)O)nn1C1CCCCO1. The number of nitrogens with zero attached hydrogens (tertiary/aromatic N) is 2. The van der Waals surface area contributed by atoms with Crippen LogP contribution in [0.4, 0.5) is 0 Å². The average Bonchev–Trinajstić information content (AvgIpc) is 2.78. The molecule has 0 radical (unpaired) electrons. The lowest BCUT2D eigenvalue weighted by molar-refractivity contribution is -0.0413. The molecule has 1 fully saturated rings. The lowest BCUT2D eigenvalue weighted by Gasteiger charge is -2.24. The molecule has 0 spiro atoms. The Hall–Kier alpha value is -1.56. The van der Waals surface area contributed by atoms with Crippen LogP contribution in [0.1, 0.15) is 48.6 Å². The zero-order valence-electron chi connectivity index (χ0n) is 10.7. The van der Waals surface area contributed by atoms with Gasteiger partial charge in [-0.3, -0.25) is 0 Å². The van der Waals surface area contributed by atoms with Crippen LogP contribution in [-0.4, -0.2) is 34.6 Å². The van der Waals surface area contributed by atoms with Gasteiger partial charge >= 0.3 is 5.97 Å². The van der Waals surface area contributed by atoms with Gasteiger partial charge in [-0.2, -0.15) is 5.10 Å². The molecule has 18 heavy (non-hydrogen) atoms. The fourth-order valence-corrected chi connectivity index (χ4v) is 2.29. The van der Waals surface area contributed by atoms with Crippen molar-refractivity contribution in [1.29, 1.82) is 0 Å². The van der Waals surface area contributed by atoms with E-state index in [4.69, 9.17) is 14.6 Å². The van der Waals surface area contributed by atoms with Crippen LogP contribution in [0.25, 0.3) is 0 Å². The summed E-state index contributed by atoms with van der Waals surface area (Å²) in [5.74, 6) is -0.727. The molecule has 100 valence electrons. The highest BCUT2D eigenvalue weighted by Gasteiger charge is 2.27. The van der Waals surface area contributed by atoms with Crippen LogP contribution in [0.15, 0.2) is 0 Å². The van der Waals surface area contributed by atoms with Gasteiger partial charge in [0.15, 0.2) is 12.0 Å². The lowest BCUT2D eigenvalue weighted by Crippen LogP contribution is -2.21.